The molecular weight excluding hydrogens is 277 g/mol. The highest BCUT2D eigenvalue weighted by atomic mass is 35.5. The van der Waals surface area contributed by atoms with Crippen LogP contribution >= 0.6 is 23.2 Å². The number of rotatable bonds is 4. The van der Waals surface area contributed by atoms with Gasteiger partial charge in [-0.05, 0) is 12.1 Å². The van der Waals surface area contributed by atoms with Gasteiger partial charge in [-0.15, -0.1) is 0 Å². The highest BCUT2D eigenvalue weighted by Gasteiger charge is 2.06. The summed E-state index contributed by atoms with van der Waals surface area (Å²) in [4.78, 5) is 8.45. The van der Waals surface area contributed by atoms with Gasteiger partial charge in [0.05, 0.1) is 40.0 Å². The first-order chi connectivity index (χ1) is 8.60. The lowest BCUT2D eigenvalue weighted by Gasteiger charge is -2.09. The summed E-state index contributed by atoms with van der Waals surface area (Å²) in [7, 11) is 0. The Bertz CT molecular complexity index is 565. The van der Waals surface area contributed by atoms with Crippen molar-refractivity contribution in [3.8, 4) is 0 Å². The van der Waals surface area contributed by atoms with Crippen LogP contribution < -0.4 is 5.32 Å². The van der Waals surface area contributed by atoms with Crippen molar-refractivity contribution in [3.05, 3.63) is 28.4 Å². The maximum atomic E-state index is 9.21. The number of aromatic nitrogens is 2. The van der Waals surface area contributed by atoms with Crippen LogP contribution in [-0.2, 0) is 0 Å². The predicted molar refractivity (Wildman–Crippen MR) is 71.1 cm³/mol. The third-order valence-electron chi connectivity index (χ3n) is 2.31. The van der Waals surface area contributed by atoms with E-state index < -0.39 is 6.10 Å². The molecule has 3 N–H and O–H groups in total. The molecule has 1 aromatic heterocycles. The first kappa shape index (κ1) is 13.3. The number of hydrogen-bond acceptors (Lipinski definition) is 5. The third kappa shape index (κ3) is 3.00. The molecule has 1 atom stereocenters. The Labute approximate surface area is 113 Å². The summed E-state index contributed by atoms with van der Waals surface area (Å²) in [5, 5.41) is 21.6. The summed E-state index contributed by atoms with van der Waals surface area (Å²) < 4.78 is 0. The molecule has 0 saturated carbocycles. The Morgan fingerprint density at radius 2 is 1.89 bits per heavy atom. The van der Waals surface area contributed by atoms with Gasteiger partial charge in [0.15, 0.2) is 0 Å². The van der Waals surface area contributed by atoms with E-state index in [9.17, 15) is 5.11 Å². The van der Waals surface area contributed by atoms with E-state index in [2.05, 4.69) is 15.3 Å². The molecule has 96 valence electrons. The molecule has 1 aromatic carbocycles. The minimum Gasteiger partial charge on any atom is -0.394 e. The first-order valence-corrected chi connectivity index (χ1v) is 6.00. The van der Waals surface area contributed by atoms with Crippen molar-refractivity contribution in [3.63, 3.8) is 0 Å². The van der Waals surface area contributed by atoms with Gasteiger partial charge in [0.2, 0.25) is 0 Å². The first-order valence-electron chi connectivity index (χ1n) is 5.24. The molecule has 0 amide bonds. The Kier molecular flexibility index (Phi) is 4.19. The molecule has 7 heteroatoms. The predicted octanol–water partition coefficient (Wildman–Crippen LogP) is 1.70. The van der Waals surface area contributed by atoms with Crippen molar-refractivity contribution >= 4 is 40.1 Å². The lowest BCUT2D eigenvalue weighted by atomic mass is 10.3. The summed E-state index contributed by atoms with van der Waals surface area (Å²) in [6.07, 6.45) is 0.688. The zero-order valence-corrected chi connectivity index (χ0v) is 10.8. The smallest absolute Gasteiger partial charge is 0.145 e. The molecule has 0 fully saturated rings. The van der Waals surface area contributed by atoms with Crippen LogP contribution in [0, 0.1) is 0 Å². The maximum Gasteiger partial charge on any atom is 0.145 e. The fourth-order valence-corrected chi connectivity index (χ4v) is 1.70. The van der Waals surface area contributed by atoms with Crippen LogP contribution in [0.2, 0.25) is 10.0 Å². The van der Waals surface area contributed by atoms with Crippen LogP contribution in [0.1, 0.15) is 0 Å². The molecule has 0 aliphatic rings. The topological polar surface area (TPSA) is 78.3 Å². The molecule has 0 spiro atoms. The second-order valence-electron chi connectivity index (χ2n) is 3.73. The van der Waals surface area contributed by atoms with E-state index >= 15 is 0 Å². The number of aliphatic hydroxyl groups excluding tert-OH is 2. The van der Waals surface area contributed by atoms with Gasteiger partial charge >= 0.3 is 0 Å². The third-order valence-corrected chi connectivity index (χ3v) is 3.04. The Balaban J connectivity index is 2.24. The monoisotopic (exact) mass is 287 g/mol. The van der Waals surface area contributed by atoms with Crippen LogP contribution in [0.15, 0.2) is 18.3 Å². The summed E-state index contributed by atoms with van der Waals surface area (Å²) in [6.45, 7) is -0.118. The summed E-state index contributed by atoms with van der Waals surface area (Å²) in [5.74, 6) is 0.494. The van der Waals surface area contributed by atoms with Gasteiger partial charge < -0.3 is 15.5 Å². The molecule has 0 aliphatic heterocycles. The van der Waals surface area contributed by atoms with Crippen molar-refractivity contribution in [2.75, 3.05) is 18.5 Å². The molecule has 1 heterocycles. The molecule has 0 bridgehead atoms. The molecule has 5 nitrogen and oxygen atoms in total. The maximum absolute atomic E-state index is 9.21. The molecule has 0 saturated heterocycles. The number of halogens is 2. The van der Waals surface area contributed by atoms with Crippen LogP contribution in [0.5, 0.6) is 0 Å². The zero-order valence-electron chi connectivity index (χ0n) is 9.27. The quantitative estimate of drug-likeness (QED) is 0.798. The lowest BCUT2D eigenvalue weighted by molar-refractivity contribution is 0.105. The van der Waals surface area contributed by atoms with Crippen molar-refractivity contribution in [1.82, 2.24) is 9.97 Å². The van der Waals surface area contributed by atoms with E-state index in [0.717, 1.165) is 0 Å². The Morgan fingerprint density at radius 3 is 2.56 bits per heavy atom. The highest BCUT2D eigenvalue weighted by Crippen LogP contribution is 2.26. The average molecular weight is 288 g/mol. The second-order valence-corrected chi connectivity index (χ2v) is 4.54. The van der Waals surface area contributed by atoms with Crippen LogP contribution in [0.25, 0.3) is 11.0 Å². The minimum absolute atomic E-state index is 0.192. The minimum atomic E-state index is -0.837. The fourth-order valence-electron chi connectivity index (χ4n) is 1.38. The van der Waals surface area contributed by atoms with Crippen molar-refractivity contribution in [2.45, 2.75) is 6.10 Å². The average Bonchev–Trinajstić information content (AvgIpc) is 2.37. The molecular formula is C11H11Cl2N3O2. The van der Waals surface area contributed by atoms with E-state index in [1.165, 1.54) is 6.20 Å². The molecule has 2 aromatic rings. The Morgan fingerprint density at radius 1 is 1.22 bits per heavy atom. The Hall–Kier alpha value is -1.14. The van der Waals surface area contributed by atoms with E-state index in [1.807, 2.05) is 0 Å². The number of hydrogen-bond donors (Lipinski definition) is 3. The van der Waals surface area contributed by atoms with Crippen LogP contribution in [0.4, 0.5) is 5.82 Å². The lowest BCUT2D eigenvalue weighted by Crippen LogP contribution is -2.23. The van der Waals surface area contributed by atoms with Gasteiger partial charge in [0.1, 0.15) is 5.82 Å². The number of fused-ring (bicyclic) bond motifs is 1. The SMILES string of the molecule is OCC(O)CNc1cnc2cc(Cl)c(Cl)cc2n1. The van der Waals surface area contributed by atoms with Gasteiger partial charge in [-0.25, -0.2) is 4.98 Å². The summed E-state index contributed by atoms with van der Waals surface area (Å²) in [5.41, 5.74) is 1.24. The number of nitrogens with one attached hydrogen (secondary N) is 1. The van der Waals surface area contributed by atoms with E-state index in [1.54, 1.807) is 12.1 Å². The van der Waals surface area contributed by atoms with E-state index in [4.69, 9.17) is 28.3 Å². The van der Waals surface area contributed by atoms with E-state index in [-0.39, 0.29) is 13.2 Å². The summed E-state index contributed by atoms with van der Waals surface area (Å²) in [6, 6.07) is 3.26. The zero-order chi connectivity index (χ0) is 13.1. The van der Waals surface area contributed by atoms with Gasteiger partial charge in [-0.1, -0.05) is 23.2 Å². The van der Waals surface area contributed by atoms with E-state index in [0.29, 0.717) is 26.9 Å². The van der Waals surface area contributed by atoms with Crippen molar-refractivity contribution in [2.24, 2.45) is 0 Å². The molecule has 0 aliphatic carbocycles. The molecule has 2 rings (SSSR count). The number of anilines is 1. The van der Waals surface area contributed by atoms with Crippen LogP contribution in [0.3, 0.4) is 0 Å². The largest absolute Gasteiger partial charge is 0.394 e. The molecule has 1 unspecified atom stereocenters. The van der Waals surface area contributed by atoms with Gasteiger partial charge in [-0.3, -0.25) is 4.98 Å². The fraction of sp³-hybridized carbons (Fsp3) is 0.273. The van der Waals surface area contributed by atoms with Crippen LogP contribution in [-0.4, -0.2) is 39.4 Å². The molecule has 18 heavy (non-hydrogen) atoms. The second kappa shape index (κ2) is 5.67. The number of benzene rings is 1. The highest BCUT2D eigenvalue weighted by molar-refractivity contribution is 6.42. The van der Waals surface area contributed by atoms with Gasteiger partial charge in [0, 0.05) is 6.54 Å². The number of aliphatic hydroxyl groups is 2. The standard InChI is InChI=1S/C11H11Cl2N3O2/c12-7-1-9-10(2-8(7)13)16-11(4-14-9)15-3-6(18)5-17/h1-2,4,6,17-18H,3,5H2,(H,15,16). The molecule has 0 radical (unpaired) electrons. The summed E-state index contributed by atoms with van der Waals surface area (Å²) >= 11 is 11.8. The van der Waals surface area contributed by atoms with Crippen molar-refractivity contribution in [1.29, 1.82) is 0 Å². The van der Waals surface area contributed by atoms with Gasteiger partial charge in [0.25, 0.3) is 0 Å². The van der Waals surface area contributed by atoms with Gasteiger partial charge in [-0.2, -0.15) is 0 Å². The normalized spacial score (nSPS) is 12.7. The number of nitrogens with zero attached hydrogens (tertiary/aromatic N) is 2. The van der Waals surface area contributed by atoms with Crippen molar-refractivity contribution < 1.29 is 10.2 Å².